The van der Waals surface area contributed by atoms with E-state index in [-0.39, 0.29) is 5.56 Å². The van der Waals surface area contributed by atoms with Gasteiger partial charge < -0.3 is 5.11 Å². The molecule has 4 heteroatoms. The highest BCUT2D eigenvalue weighted by molar-refractivity contribution is 5.88. The van der Waals surface area contributed by atoms with Gasteiger partial charge in [-0.3, -0.25) is 5.43 Å². The quantitative estimate of drug-likeness (QED) is 0.819. The number of rotatable bonds is 3. The Labute approximate surface area is 119 Å². The zero-order valence-corrected chi connectivity index (χ0v) is 12.3. The molecule has 1 aromatic carbocycles. The Balaban J connectivity index is 2.03. The zero-order valence-electron chi connectivity index (χ0n) is 12.3. The molecule has 1 aromatic rings. The molecule has 4 nitrogen and oxygen atoms in total. The minimum atomic E-state index is -0.911. The first kappa shape index (κ1) is 14.6. The third-order valence-corrected chi connectivity index (χ3v) is 3.64. The third kappa shape index (κ3) is 3.83. The molecule has 1 unspecified atom stereocenters. The van der Waals surface area contributed by atoms with Crippen LogP contribution in [0.15, 0.2) is 29.4 Å². The fourth-order valence-electron chi connectivity index (χ4n) is 3.03. The monoisotopic (exact) mass is 274 g/mol. The van der Waals surface area contributed by atoms with E-state index in [2.05, 4.69) is 31.3 Å². The fraction of sp³-hybridized carbons (Fsp3) is 0.500. The summed E-state index contributed by atoms with van der Waals surface area (Å²) in [7, 11) is 0. The zero-order chi connectivity index (χ0) is 14.8. The van der Waals surface area contributed by atoms with E-state index in [0.29, 0.717) is 11.3 Å². The van der Waals surface area contributed by atoms with Crippen molar-refractivity contribution in [2.24, 2.45) is 16.4 Å². The van der Waals surface area contributed by atoms with Crippen LogP contribution in [-0.4, -0.2) is 16.8 Å². The van der Waals surface area contributed by atoms with E-state index in [1.54, 1.807) is 24.3 Å². The van der Waals surface area contributed by atoms with Gasteiger partial charge in [0.1, 0.15) is 0 Å². The second-order valence-corrected chi connectivity index (χ2v) is 6.53. The van der Waals surface area contributed by atoms with Crippen LogP contribution >= 0.6 is 0 Å². The van der Waals surface area contributed by atoms with Crippen molar-refractivity contribution in [1.29, 1.82) is 0 Å². The summed E-state index contributed by atoms with van der Waals surface area (Å²) in [5.41, 5.74) is 5.64. The number of hydrazone groups is 1. The van der Waals surface area contributed by atoms with E-state index in [1.807, 2.05) is 0 Å². The molecule has 0 spiro atoms. The van der Waals surface area contributed by atoms with Gasteiger partial charge in [0.05, 0.1) is 11.3 Å². The Morgan fingerprint density at radius 2 is 2.00 bits per heavy atom. The van der Waals surface area contributed by atoms with E-state index in [0.717, 1.165) is 18.5 Å². The molecular formula is C16H22N2O2. The summed E-state index contributed by atoms with van der Waals surface area (Å²) < 4.78 is 0. The molecule has 1 saturated carbocycles. The molecule has 0 bridgehead atoms. The average Bonchev–Trinajstić information content (AvgIpc) is 2.34. The van der Waals surface area contributed by atoms with Crippen LogP contribution in [0, 0.1) is 11.3 Å². The Morgan fingerprint density at radius 3 is 2.55 bits per heavy atom. The molecule has 2 N–H and O–H groups in total. The van der Waals surface area contributed by atoms with Crippen molar-refractivity contribution >= 4 is 17.4 Å². The lowest BCUT2D eigenvalue weighted by molar-refractivity contribution is 0.0697. The second-order valence-electron chi connectivity index (χ2n) is 6.53. The van der Waals surface area contributed by atoms with E-state index in [4.69, 9.17) is 5.11 Å². The van der Waals surface area contributed by atoms with Crippen molar-refractivity contribution in [3.63, 3.8) is 0 Å². The Hall–Kier alpha value is -1.84. The molecule has 0 saturated heterocycles. The number of anilines is 1. The summed E-state index contributed by atoms with van der Waals surface area (Å²) in [6, 6.07) is 6.65. The molecule has 0 aliphatic heterocycles. The summed E-state index contributed by atoms with van der Waals surface area (Å²) in [6.07, 6.45) is 3.28. The highest BCUT2D eigenvalue weighted by atomic mass is 16.4. The van der Waals surface area contributed by atoms with E-state index < -0.39 is 5.97 Å². The molecule has 1 fully saturated rings. The first-order valence-corrected chi connectivity index (χ1v) is 7.00. The molecule has 0 radical (unpaired) electrons. The van der Waals surface area contributed by atoms with E-state index >= 15 is 0 Å². The summed E-state index contributed by atoms with van der Waals surface area (Å²) in [5.74, 6) is -0.251. The first-order chi connectivity index (χ1) is 9.35. The number of carbonyl (C=O) groups is 1. The van der Waals surface area contributed by atoms with Gasteiger partial charge in [0, 0.05) is 5.71 Å². The van der Waals surface area contributed by atoms with Crippen molar-refractivity contribution < 1.29 is 9.90 Å². The Morgan fingerprint density at radius 1 is 1.35 bits per heavy atom. The number of nitrogens with zero attached hydrogens (tertiary/aromatic N) is 1. The summed E-state index contributed by atoms with van der Waals surface area (Å²) in [6.45, 7) is 6.82. The number of nitrogens with one attached hydrogen (secondary N) is 1. The molecule has 2 rings (SSSR count). The van der Waals surface area contributed by atoms with Crippen LogP contribution in [0.4, 0.5) is 5.69 Å². The molecule has 1 aliphatic rings. The number of carboxylic acid groups (broad SMARTS) is 1. The van der Waals surface area contributed by atoms with Crippen molar-refractivity contribution in [3.8, 4) is 0 Å². The lowest BCUT2D eigenvalue weighted by atomic mass is 9.72. The van der Waals surface area contributed by atoms with E-state index in [9.17, 15) is 4.79 Å². The average molecular weight is 274 g/mol. The standard InChI is InChI=1S/C16H22N2O2/c1-11-8-14(10-16(2,3)9-11)18-17-13-6-4-12(5-7-13)15(19)20/h4-7,11,17H,8-10H2,1-3H3,(H,19,20)/b18-14+. The molecule has 0 heterocycles. The number of carboxylic acids is 1. The first-order valence-electron chi connectivity index (χ1n) is 7.00. The maximum absolute atomic E-state index is 10.8. The number of aromatic carboxylic acids is 1. The van der Waals surface area contributed by atoms with Crippen molar-refractivity contribution in [3.05, 3.63) is 29.8 Å². The molecule has 1 atom stereocenters. The largest absolute Gasteiger partial charge is 0.478 e. The lowest BCUT2D eigenvalue weighted by Crippen LogP contribution is -2.28. The van der Waals surface area contributed by atoms with Crippen LogP contribution in [0.3, 0.4) is 0 Å². The lowest BCUT2D eigenvalue weighted by Gasteiger charge is -2.34. The highest BCUT2D eigenvalue weighted by Crippen LogP contribution is 2.37. The molecule has 0 amide bonds. The van der Waals surface area contributed by atoms with Gasteiger partial charge in [-0.15, -0.1) is 0 Å². The molecular weight excluding hydrogens is 252 g/mol. The van der Waals surface area contributed by atoms with Gasteiger partial charge in [-0.1, -0.05) is 20.8 Å². The van der Waals surface area contributed by atoms with Gasteiger partial charge in [-0.25, -0.2) is 4.79 Å². The summed E-state index contributed by atoms with van der Waals surface area (Å²) >= 11 is 0. The van der Waals surface area contributed by atoms with Crippen LogP contribution in [0.25, 0.3) is 0 Å². The normalized spacial score (nSPS) is 23.6. The number of benzene rings is 1. The van der Waals surface area contributed by atoms with Crippen molar-refractivity contribution in [1.82, 2.24) is 0 Å². The minimum absolute atomic E-state index is 0.288. The van der Waals surface area contributed by atoms with Gasteiger partial charge in [-0.05, 0) is 54.9 Å². The third-order valence-electron chi connectivity index (χ3n) is 3.64. The van der Waals surface area contributed by atoms with Gasteiger partial charge >= 0.3 is 5.97 Å². The summed E-state index contributed by atoms with van der Waals surface area (Å²) in [4.78, 5) is 10.8. The van der Waals surface area contributed by atoms with Gasteiger partial charge in [0.15, 0.2) is 0 Å². The van der Waals surface area contributed by atoms with Crippen molar-refractivity contribution in [2.75, 3.05) is 5.43 Å². The van der Waals surface area contributed by atoms with Gasteiger partial charge in [-0.2, -0.15) is 5.10 Å². The van der Waals surface area contributed by atoms with Crippen molar-refractivity contribution in [2.45, 2.75) is 40.0 Å². The molecule has 0 aromatic heterocycles. The van der Waals surface area contributed by atoms with Gasteiger partial charge in [0.2, 0.25) is 0 Å². The van der Waals surface area contributed by atoms with E-state index in [1.165, 1.54) is 12.1 Å². The molecule has 1 aliphatic carbocycles. The maximum atomic E-state index is 10.8. The van der Waals surface area contributed by atoms with Crippen LogP contribution in [-0.2, 0) is 0 Å². The van der Waals surface area contributed by atoms with Crippen LogP contribution in [0.5, 0.6) is 0 Å². The smallest absolute Gasteiger partial charge is 0.335 e. The fourth-order valence-corrected chi connectivity index (χ4v) is 3.03. The SMILES string of the molecule is CC1C/C(=N\Nc2ccc(C(=O)O)cc2)CC(C)(C)C1. The van der Waals surface area contributed by atoms with Crippen LogP contribution in [0.1, 0.15) is 50.4 Å². The molecule has 20 heavy (non-hydrogen) atoms. The Kier molecular flexibility index (Phi) is 4.12. The minimum Gasteiger partial charge on any atom is -0.478 e. The van der Waals surface area contributed by atoms with Crippen LogP contribution < -0.4 is 5.43 Å². The predicted molar refractivity (Wildman–Crippen MR) is 81.3 cm³/mol. The van der Waals surface area contributed by atoms with Gasteiger partial charge in [0.25, 0.3) is 0 Å². The number of hydrogen-bond acceptors (Lipinski definition) is 3. The molecule has 108 valence electrons. The highest BCUT2D eigenvalue weighted by Gasteiger charge is 2.29. The Bertz CT molecular complexity index is 518. The summed E-state index contributed by atoms with van der Waals surface area (Å²) in [5, 5.41) is 13.3. The second kappa shape index (κ2) is 5.65. The topological polar surface area (TPSA) is 61.7 Å². The van der Waals surface area contributed by atoms with Crippen LogP contribution in [0.2, 0.25) is 0 Å². The predicted octanol–water partition coefficient (Wildman–Crippen LogP) is 4.00. The maximum Gasteiger partial charge on any atom is 0.335 e. The number of hydrogen-bond donors (Lipinski definition) is 2.